The van der Waals surface area contributed by atoms with Gasteiger partial charge in [0, 0.05) is 17.0 Å². The largest absolute Gasteiger partial charge is 0.387 e. The SMILES string of the molecule is OC(c1cc(-c2ccc(Cl)c(Cl)c2)nc2ccccc12)C1CCCCN1. The zero-order valence-electron chi connectivity index (χ0n) is 14.3. The van der Waals surface area contributed by atoms with E-state index in [-0.39, 0.29) is 6.04 Å². The number of aliphatic hydroxyl groups excluding tert-OH is 1. The smallest absolute Gasteiger partial charge is 0.0950 e. The van der Waals surface area contributed by atoms with Crippen molar-refractivity contribution in [2.24, 2.45) is 0 Å². The van der Waals surface area contributed by atoms with Crippen LogP contribution >= 0.6 is 23.2 Å². The molecule has 0 aliphatic carbocycles. The first-order chi connectivity index (χ1) is 12.6. The molecule has 2 heterocycles. The third-order valence-electron chi connectivity index (χ3n) is 5.01. The van der Waals surface area contributed by atoms with Gasteiger partial charge < -0.3 is 10.4 Å². The summed E-state index contributed by atoms with van der Waals surface area (Å²) in [5, 5.41) is 16.5. The molecule has 0 saturated carbocycles. The second-order valence-corrected chi connectivity index (χ2v) is 7.56. The Morgan fingerprint density at radius 3 is 2.65 bits per heavy atom. The van der Waals surface area contributed by atoms with E-state index in [1.54, 1.807) is 6.07 Å². The Morgan fingerprint density at radius 2 is 1.88 bits per heavy atom. The summed E-state index contributed by atoms with van der Waals surface area (Å²) >= 11 is 12.2. The summed E-state index contributed by atoms with van der Waals surface area (Å²) in [6, 6.07) is 15.5. The van der Waals surface area contributed by atoms with E-state index in [9.17, 15) is 5.11 Å². The fourth-order valence-corrected chi connectivity index (χ4v) is 3.91. The van der Waals surface area contributed by atoms with Gasteiger partial charge in [0.05, 0.1) is 27.4 Å². The number of hydrogen-bond acceptors (Lipinski definition) is 3. The van der Waals surface area contributed by atoms with Crippen molar-refractivity contribution in [2.45, 2.75) is 31.4 Å². The quantitative estimate of drug-likeness (QED) is 0.634. The predicted molar refractivity (Wildman–Crippen MR) is 108 cm³/mol. The lowest BCUT2D eigenvalue weighted by Crippen LogP contribution is -2.38. The summed E-state index contributed by atoms with van der Waals surface area (Å²) in [6.07, 6.45) is 2.69. The minimum atomic E-state index is -0.579. The molecule has 4 rings (SSSR count). The van der Waals surface area contributed by atoms with Gasteiger partial charge in [0.2, 0.25) is 0 Å². The van der Waals surface area contributed by atoms with E-state index in [2.05, 4.69) is 5.32 Å². The highest BCUT2D eigenvalue weighted by Crippen LogP contribution is 2.34. The maximum Gasteiger partial charge on any atom is 0.0950 e. The number of halogens is 2. The lowest BCUT2D eigenvalue weighted by molar-refractivity contribution is 0.115. The van der Waals surface area contributed by atoms with Crippen molar-refractivity contribution in [3.8, 4) is 11.3 Å². The van der Waals surface area contributed by atoms with Crippen LogP contribution in [0.4, 0.5) is 0 Å². The van der Waals surface area contributed by atoms with E-state index in [4.69, 9.17) is 28.2 Å². The number of rotatable bonds is 3. The fraction of sp³-hybridized carbons (Fsp3) is 0.286. The van der Waals surface area contributed by atoms with Crippen LogP contribution in [0.2, 0.25) is 10.0 Å². The van der Waals surface area contributed by atoms with Crippen LogP contribution in [0.25, 0.3) is 22.2 Å². The van der Waals surface area contributed by atoms with Crippen LogP contribution in [0, 0.1) is 0 Å². The first-order valence-electron chi connectivity index (χ1n) is 8.90. The summed E-state index contributed by atoms with van der Waals surface area (Å²) in [5.74, 6) is 0. The number of aromatic nitrogens is 1. The van der Waals surface area contributed by atoms with Crippen molar-refractivity contribution in [1.29, 1.82) is 0 Å². The van der Waals surface area contributed by atoms with Gasteiger partial charge in [0.1, 0.15) is 0 Å². The molecule has 5 heteroatoms. The average Bonchev–Trinajstić information content (AvgIpc) is 2.69. The van der Waals surface area contributed by atoms with Gasteiger partial charge >= 0.3 is 0 Å². The van der Waals surface area contributed by atoms with E-state index in [0.717, 1.165) is 53.5 Å². The van der Waals surface area contributed by atoms with Gasteiger partial charge in [-0.2, -0.15) is 0 Å². The minimum Gasteiger partial charge on any atom is -0.387 e. The molecule has 1 aliphatic heterocycles. The number of pyridine rings is 1. The minimum absolute atomic E-state index is 0.0659. The van der Waals surface area contributed by atoms with Crippen LogP contribution in [0.5, 0.6) is 0 Å². The molecule has 1 fully saturated rings. The standard InChI is InChI=1S/C21H20Cl2N2O/c22-16-9-8-13(11-17(16)23)20-12-15(14-5-1-2-6-18(14)25-20)21(26)19-7-3-4-10-24-19/h1-2,5-6,8-9,11-12,19,21,24,26H,3-4,7,10H2. The first-order valence-corrected chi connectivity index (χ1v) is 9.65. The lowest BCUT2D eigenvalue weighted by atomic mass is 9.92. The molecule has 1 aromatic heterocycles. The van der Waals surface area contributed by atoms with Crippen molar-refractivity contribution < 1.29 is 5.11 Å². The third-order valence-corrected chi connectivity index (χ3v) is 5.75. The summed E-state index contributed by atoms with van der Waals surface area (Å²) in [7, 11) is 0. The second-order valence-electron chi connectivity index (χ2n) is 6.74. The van der Waals surface area contributed by atoms with Gasteiger partial charge in [-0.3, -0.25) is 0 Å². The fourth-order valence-electron chi connectivity index (χ4n) is 3.62. The summed E-state index contributed by atoms with van der Waals surface area (Å²) in [4.78, 5) is 4.77. The molecule has 2 atom stereocenters. The van der Waals surface area contributed by atoms with Gasteiger partial charge in [-0.25, -0.2) is 4.98 Å². The van der Waals surface area contributed by atoms with Crippen LogP contribution in [-0.4, -0.2) is 22.7 Å². The average molecular weight is 387 g/mol. The number of aliphatic hydroxyl groups is 1. The van der Waals surface area contributed by atoms with Crippen LogP contribution < -0.4 is 5.32 Å². The Bertz CT molecular complexity index is 938. The van der Waals surface area contributed by atoms with Crippen LogP contribution in [0.3, 0.4) is 0 Å². The van der Waals surface area contributed by atoms with E-state index >= 15 is 0 Å². The highest BCUT2D eigenvalue weighted by atomic mass is 35.5. The lowest BCUT2D eigenvalue weighted by Gasteiger charge is -2.29. The molecule has 0 spiro atoms. The van der Waals surface area contributed by atoms with Crippen molar-refractivity contribution in [3.05, 3.63) is 64.1 Å². The zero-order chi connectivity index (χ0) is 18.1. The van der Waals surface area contributed by atoms with Crippen LogP contribution in [-0.2, 0) is 0 Å². The molecule has 2 aromatic carbocycles. The number of fused-ring (bicyclic) bond motifs is 1. The molecule has 2 N–H and O–H groups in total. The summed E-state index contributed by atoms with van der Waals surface area (Å²) < 4.78 is 0. The van der Waals surface area contributed by atoms with Crippen LogP contribution in [0.1, 0.15) is 30.9 Å². The van der Waals surface area contributed by atoms with E-state index < -0.39 is 6.10 Å². The number of para-hydroxylation sites is 1. The molecule has 134 valence electrons. The van der Waals surface area contributed by atoms with Crippen molar-refractivity contribution >= 4 is 34.1 Å². The molecular weight excluding hydrogens is 367 g/mol. The third kappa shape index (κ3) is 3.45. The van der Waals surface area contributed by atoms with Gasteiger partial charge in [0.15, 0.2) is 0 Å². The number of nitrogens with zero attached hydrogens (tertiary/aromatic N) is 1. The molecule has 1 saturated heterocycles. The molecule has 3 aromatic rings. The second kappa shape index (κ2) is 7.53. The monoisotopic (exact) mass is 386 g/mol. The topological polar surface area (TPSA) is 45.2 Å². The Morgan fingerprint density at radius 1 is 1.04 bits per heavy atom. The first kappa shape index (κ1) is 17.7. The highest BCUT2D eigenvalue weighted by Gasteiger charge is 2.25. The molecule has 26 heavy (non-hydrogen) atoms. The van der Waals surface area contributed by atoms with E-state index in [1.807, 2.05) is 42.5 Å². The van der Waals surface area contributed by atoms with Gasteiger partial charge in [-0.1, -0.05) is 53.9 Å². The van der Waals surface area contributed by atoms with Crippen molar-refractivity contribution in [2.75, 3.05) is 6.54 Å². The van der Waals surface area contributed by atoms with Crippen molar-refractivity contribution in [1.82, 2.24) is 10.3 Å². The summed E-state index contributed by atoms with van der Waals surface area (Å²) in [6.45, 7) is 0.949. The van der Waals surface area contributed by atoms with Crippen molar-refractivity contribution in [3.63, 3.8) is 0 Å². The number of benzene rings is 2. The Balaban J connectivity index is 1.83. The number of hydrogen-bond donors (Lipinski definition) is 2. The predicted octanol–water partition coefficient (Wildman–Crippen LogP) is 5.38. The van der Waals surface area contributed by atoms with Gasteiger partial charge in [0.25, 0.3) is 0 Å². The molecule has 0 radical (unpaired) electrons. The van der Waals surface area contributed by atoms with Crippen LogP contribution in [0.15, 0.2) is 48.5 Å². The highest BCUT2D eigenvalue weighted by molar-refractivity contribution is 6.42. The Hall–Kier alpha value is -1.65. The zero-order valence-corrected chi connectivity index (χ0v) is 15.8. The van der Waals surface area contributed by atoms with Gasteiger partial charge in [-0.05, 0) is 49.2 Å². The van der Waals surface area contributed by atoms with E-state index in [1.165, 1.54) is 0 Å². The Labute approximate surface area is 163 Å². The number of piperidine rings is 1. The summed E-state index contributed by atoms with van der Waals surface area (Å²) in [5.41, 5.74) is 3.43. The molecule has 0 bridgehead atoms. The Kier molecular flexibility index (Phi) is 5.14. The molecule has 0 amide bonds. The van der Waals surface area contributed by atoms with E-state index in [0.29, 0.717) is 10.0 Å². The molecular formula is C21H20Cl2N2O. The maximum absolute atomic E-state index is 11.1. The van der Waals surface area contributed by atoms with Gasteiger partial charge in [-0.15, -0.1) is 0 Å². The molecule has 3 nitrogen and oxygen atoms in total. The number of nitrogens with one attached hydrogen (secondary N) is 1. The maximum atomic E-state index is 11.1. The molecule has 2 unspecified atom stereocenters. The normalized spacial score (nSPS) is 18.8. The molecule has 1 aliphatic rings.